The van der Waals surface area contributed by atoms with E-state index in [1.54, 1.807) is 7.11 Å². The van der Waals surface area contributed by atoms with E-state index in [0.29, 0.717) is 0 Å². The van der Waals surface area contributed by atoms with Crippen molar-refractivity contribution < 1.29 is 4.74 Å². The molecule has 0 aliphatic rings. The lowest BCUT2D eigenvalue weighted by molar-refractivity contribution is 0.400. The molecule has 0 bridgehead atoms. The van der Waals surface area contributed by atoms with E-state index in [1.807, 2.05) is 23.0 Å². The molecule has 0 radical (unpaired) electrons. The van der Waals surface area contributed by atoms with Crippen LogP contribution in [0.1, 0.15) is 18.2 Å². The summed E-state index contributed by atoms with van der Waals surface area (Å²) in [5.41, 5.74) is 3.44. The van der Waals surface area contributed by atoms with E-state index in [2.05, 4.69) is 48.5 Å². The minimum atomic E-state index is 0.732. The van der Waals surface area contributed by atoms with Crippen molar-refractivity contribution in [1.29, 1.82) is 0 Å². The molecule has 114 valence electrons. The van der Waals surface area contributed by atoms with E-state index in [1.165, 1.54) is 5.56 Å². The Balaban J connectivity index is 2.13. The zero-order chi connectivity index (χ0) is 15.2. The van der Waals surface area contributed by atoms with Gasteiger partial charge in [0.25, 0.3) is 0 Å². The molecule has 1 aromatic carbocycles. The van der Waals surface area contributed by atoms with Gasteiger partial charge in [0.1, 0.15) is 5.75 Å². The maximum atomic E-state index is 5.43. The smallest absolute Gasteiger partial charge is 0.141 e. The molecule has 0 amide bonds. The second kappa shape index (κ2) is 7.13. The third kappa shape index (κ3) is 3.98. The summed E-state index contributed by atoms with van der Waals surface area (Å²) in [7, 11) is 5.83. The SMILES string of the molecule is CCn1nccc1CNc1cc(CN(C)C)ccc1OC. The molecule has 1 aromatic heterocycles. The fourth-order valence-corrected chi connectivity index (χ4v) is 2.34. The van der Waals surface area contributed by atoms with E-state index < -0.39 is 0 Å². The zero-order valence-corrected chi connectivity index (χ0v) is 13.3. The lowest BCUT2D eigenvalue weighted by Gasteiger charge is -2.15. The van der Waals surface area contributed by atoms with Crippen molar-refractivity contribution in [3.05, 3.63) is 41.7 Å². The first-order chi connectivity index (χ1) is 10.1. The Labute approximate surface area is 126 Å². The third-order valence-electron chi connectivity index (χ3n) is 3.33. The van der Waals surface area contributed by atoms with Gasteiger partial charge in [-0.05, 0) is 44.8 Å². The van der Waals surface area contributed by atoms with Gasteiger partial charge in [-0.25, -0.2) is 0 Å². The predicted octanol–water partition coefficient (Wildman–Crippen LogP) is 2.59. The largest absolute Gasteiger partial charge is 0.495 e. The number of ether oxygens (including phenoxy) is 1. The molecule has 2 rings (SSSR count). The number of aromatic nitrogens is 2. The van der Waals surface area contributed by atoms with Crippen LogP contribution in [0.3, 0.4) is 0 Å². The minimum absolute atomic E-state index is 0.732. The maximum absolute atomic E-state index is 5.43. The Hall–Kier alpha value is -2.01. The molecule has 21 heavy (non-hydrogen) atoms. The lowest BCUT2D eigenvalue weighted by Crippen LogP contribution is -2.12. The van der Waals surface area contributed by atoms with Gasteiger partial charge in [0.2, 0.25) is 0 Å². The predicted molar refractivity (Wildman–Crippen MR) is 85.6 cm³/mol. The standard InChI is InChI=1S/C16H24N4O/c1-5-20-14(8-9-18-20)11-17-15-10-13(12-19(2)3)6-7-16(15)21-4/h6-10,17H,5,11-12H2,1-4H3. The number of aryl methyl sites for hydroxylation is 1. The third-order valence-corrected chi connectivity index (χ3v) is 3.33. The first-order valence-electron chi connectivity index (χ1n) is 7.20. The number of methoxy groups -OCH3 is 1. The van der Waals surface area contributed by atoms with E-state index in [9.17, 15) is 0 Å². The van der Waals surface area contributed by atoms with Crippen molar-refractivity contribution in [3.8, 4) is 5.75 Å². The maximum Gasteiger partial charge on any atom is 0.141 e. The van der Waals surface area contributed by atoms with E-state index in [4.69, 9.17) is 4.74 Å². The highest BCUT2D eigenvalue weighted by Crippen LogP contribution is 2.26. The summed E-state index contributed by atoms with van der Waals surface area (Å²) in [6.07, 6.45) is 1.83. The zero-order valence-electron chi connectivity index (χ0n) is 13.3. The van der Waals surface area contributed by atoms with Crippen molar-refractivity contribution in [2.75, 3.05) is 26.5 Å². The van der Waals surface area contributed by atoms with Gasteiger partial charge < -0.3 is 15.0 Å². The minimum Gasteiger partial charge on any atom is -0.495 e. The van der Waals surface area contributed by atoms with Crippen LogP contribution in [0.15, 0.2) is 30.5 Å². The van der Waals surface area contributed by atoms with Gasteiger partial charge in [0.05, 0.1) is 25.0 Å². The molecule has 0 aliphatic carbocycles. The highest BCUT2D eigenvalue weighted by Gasteiger charge is 2.07. The molecule has 1 heterocycles. The van der Waals surface area contributed by atoms with Crippen LogP contribution in [0, 0.1) is 0 Å². The van der Waals surface area contributed by atoms with Crippen LogP contribution in [0.5, 0.6) is 5.75 Å². The fraction of sp³-hybridized carbons (Fsp3) is 0.438. The van der Waals surface area contributed by atoms with Gasteiger partial charge in [-0.2, -0.15) is 5.10 Å². The Bertz CT molecular complexity index is 577. The van der Waals surface area contributed by atoms with Gasteiger partial charge in [0.15, 0.2) is 0 Å². The molecular weight excluding hydrogens is 264 g/mol. The number of hydrogen-bond acceptors (Lipinski definition) is 4. The van der Waals surface area contributed by atoms with Crippen LogP contribution in [-0.2, 0) is 19.6 Å². The van der Waals surface area contributed by atoms with Crippen molar-refractivity contribution in [1.82, 2.24) is 14.7 Å². The summed E-state index contributed by atoms with van der Waals surface area (Å²) < 4.78 is 7.42. The van der Waals surface area contributed by atoms with Gasteiger partial charge in [-0.3, -0.25) is 4.68 Å². The summed E-state index contributed by atoms with van der Waals surface area (Å²) in [6.45, 7) is 4.61. The van der Waals surface area contributed by atoms with Gasteiger partial charge in [0, 0.05) is 19.3 Å². The van der Waals surface area contributed by atoms with Crippen molar-refractivity contribution in [2.24, 2.45) is 0 Å². The Morgan fingerprint density at radius 3 is 2.76 bits per heavy atom. The number of rotatable bonds is 7. The normalized spacial score (nSPS) is 10.9. The van der Waals surface area contributed by atoms with Crippen LogP contribution in [-0.4, -0.2) is 35.9 Å². The number of hydrogen-bond donors (Lipinski definition) is 1. The quantitative estimate of drug-likeness (QED) is 0.850. The van der Waals surface area contributed by atoms with Crippen LogP contribution >= 0.6 is 0 Å². The van der Waals surface area contributed by atoms with Gasteiger partial charge in [-0.1, -0.05) is 6.07 Å². The monoisotopic (exact) mass is 288 g/mol. The summed E-state index contributed by atoms with van der Waals surface area (Å²) in [5, 5.41) is 7.74. The average Bonchev–Trinajstić information content (AvgIpc) is 2.92. The Morgan fingerprint density at radius 1 is 1.29 bits per heavy atom. The number of nitrogens with zero attached hydrogens (tertiary/aromatic N) is 3. The van der Waals surface area contributed by atoms with E-state index >= 15 is 0 Å². The summed E-state index contributed by atoms with van der Waals surface area (Å²) >= 11 is 0. The molecule has 0 saturated heterocycles. The number of nitrogens with one attached hydrogen (secondary N) is 1. The molecular formula is C16H24N4O. The molecule has 0 aliphatic heterocycles. The topological polar surface area (TPSA) is 42.3 Å². The number of anilines is 1. The highest BCUT2D eigenvalue weighted by atomic mass is 16.5. The van der Waals surface area contributed by atoms with Crippen LogP contribution in [0.4, 0.5) is 5.69 Å². The molecule has 0 atom stereocenters. The molecule has 5 nitrogen and oxygen atoms in total. The van der Waals surface area contributed by atoms with E-state index in [-0.39, 0.29) is 0 Å². The summed E-state index contributed by atoms with van der Waals surface area (Å²) in [6, 6.07) is 8.29. The first-order valence-corrected chi connectivity index (χ1v) is 7.20. The van der Waals surface area contributed by atoms with E-state index in [0.717, 1.165) is 36.8 Å². The summed E-state index contributed by atoms with van der Waals surface area (Å²) in [4.78, 5) is 2.15. The highest BCUT2D eigenvalue weighted by molar-refractivity contribution is 5.58. The Morgan fingerprint density at radius 2 is 2.10 bits per heavy atom. The molecule has 0 spiro atoms. The number of benzene rings is 1. The van der Waals surface area contributed by atoms with Crippen LogP contribution in [0.2, 0.25) is 0 Å². The molecule has 5 heteroatoms. The second-order valence-electron chi connectivity index (χ2n) is 5.26. The summed E-state index contributed by atoms with van der Waals surface area (Å²) in [5.74, 6) is 0.861. The molecule has 0 unspecified atom stereocenters. The second-order valence-corrected chi connectivity index (χ2v) is 5.26. The van der Waals surface area contributed by atoms with Crippen LogP contribution in [0.25, 0.3) is 0 Å². The lowest BCUT2D eigenvalue weighted by atomic mass is 10.1. The van der Waals surface area contributed by atoms with Crippen molar-refractivity contribution >= 4 is 5.69 Å². The Kier molecular flexibility index (Phi) is 5.22. The van der Waals surface area contributed by atoms with Crippen molar-refractivity contribution in [2.45, 2.75) is 26.6 Å². The first kappa shape index (κ1) is 15.4. The van der Waals surface area contributed by atoms with Gasteiger partial charge >= 0.3 is 0 Å². The molecule has 2 aromatic rings. The van der Waals surface area contributed by atoms with Crippen LogP contribution < -0.4 is 10.1 Å². The van der Waals surface area contributed by atoms with Gasteiger partial charge in [-0.15, -0.1) is 0 Å². The molecule has 1 N–H and O–H groups in total. The average molecular weight is 288 g/mol. The molecule has 0 saturated carbocycles. The fourth-order valence-electron chi connectivity index (χ4n) is 2.34. The molecule has 0 fully saturated rings. The van der Waals surface area contributed by atoms with Crippen molar-refractivity contribution in [3.63, 3.8) is 0 Å².